The molecule has 0 heterocycles. The van der Waals surface area contributed by atoms with Gasteiger partial charge in [0.05, 0.1) is 13.1 Å². The number of nitrogens with zero attached hydrogens (tertiary/aromatic N) is 1. The van der Waals surface area contributed by atoms with Crippen molar-refractivity contribution < 1.29 is 17.2 Å². The zero-order valence-corrected chi connectivity index (χ0v) is 10.2. The lowest BCUT2D eigenvalue weighted by molar-refractivity contribution is 0.0167. The van der Waals surface area contributed by atoms with Crippen LogP contribution in [-0.4, -0.2) is 45.3 Å². The fourth-order valence-electron chi connectivity index (χ4n) is 0.549. The molecule has 0 aromatic rings. The minimum Gasteiger partial charge on any atom is -0.325 e. The molecule has 0 rings (SSSR count). The Balaban J connectivity index is 0. The van der Waals surface area contributed by atoms with Gasteiger partial charge in [0, 0.05) is 13.6 Å². The lowest BCUT2D eigenvalue weighted by atomic mass is 10.3. The first-order valence-corrected chi connectivity index (χ1v) is 5.48. The lowest BCUT2D eigenvalue weighted by Crippen LogP contribution is -2.46. The van der Waals surface area contributed by atoms with E-state index in [9.17, 15) is 17.2 Å². The highest BCUT2D eigenvalue weighted by molar-refractivity contribution is 7.87. The Kier molecular flexibility index (Phi) is 7.57. The summed E-state index contributed by atoms with van der Waals surface area (Å²) in [5, 5.41) is 0. The van der Waals surface area contributed by atoms with Crippen molar-refractivity contribution in [2.45, 2.75) is 12.8 Å². The second-order valence-corrected chi connectivity index (χ2v) is 4.66. The SMILES string of the molecule is CCN(C)S(=O)(=O)NCC(F)(F)CN.Cl. The first-order valence-electron chi connectivity index (χ1n) is 4.04. The Bertz CT molecular complexity index is 274. The highest BCUT2D eigenvalue weighted by Crippen LogP contribution is 2.09. The molecule has 0 spiro atoms. The Morgan fingerprint density at radius 1 is 1.47 bits per heavy atom. The van der Waals surface area contributed by atoms with Crippen LogP contribution >= 0.6 is 12.4 Å². The predicted molar refractivity (Wildman–Crippen MR) is 56.5 cm³/mol. The number of rotatable bonds is 6. The van der Waals surface area contributed by atoms with E-state index >= 15 is 0 Å². The largest absolute Gasteiger partial charge is 0.325 e. The third-order valence-electron chi connectivity index (χ3n) is 1.67. The third-order valence-corrected chi connectivity index (χ3v) is 3.26. The molecule has 0 saturated carbocycles. The smallest absolute Gasteiger partial charge is 0.279 e. The van der Waals surface area contributed by atoms with Gasteiger partial charge in [0.2, 0.25) is 0 Å². The number of alkyl halides is 2. The van der Waals surface area contributed by atoms with E-state index < -0.39 is 29.2 Å². The fourth-order valence-corrected chi connectivity index (χ4v) is 1.50. The summed E-state index contributed by atoms with van der Waals surface area (Å²) in [6, 6.07) is 0. The van der Waals surface area contributed by atoms with Gasteiger partial charge in [0.15, 0.2) is 0 Å². The molecular formula is C6H16ClF2N3O2S. The van der Waals surface area contributed by atoms with Gasteiger partial charge in [-0.2, -0.15) is 17.4 Å². The van der Waals surface area contributed by atoms with Crippen molar-refractivity contribution in [3.05, 3.63) is 0 Å². The summed E-state index contributed by atoms with van der Waals surface area (Å²) < 4.78 is 50.2. The third kappa shape index (κ3) is 6.21. The summed E-state index contributed by atoms with van der Waals surface area (Å²) in [5.74, 6) is -3.21. The first kappa shape index (κ1) is 17.4. The second kappa shape index (κ2) is 6.54. The van der Waals surface area contributed by atoms with Crippen LogP contribution in [0.2, 0.25) is 0 Å². The second-order valence-electron chi connectivity index (χ2n) is 2.80. The molecule has 0 bridgehead atoms. The molecule has 0 aliphatic carbocycles. The van der Waals surface area contributed by atoms with Crippen molar-refractivity contribution in [1.29, 1.82) is 0 Å². The molecule has 5 nitrogen and oxygen atoms in total. The van der Waals surface area contributed by atoms with Crippen LogP contribution < -0.4 is 10.5 Å². The molecule has 0 aromatic heterocycles. The van der Waals surface area contributed by atoms with Gasteiger partial charge in [-0.3, -0.25) is 0 Å². The van der Waals surface area contributed by atoms with Crippen molar-refractivity contribution in [1.82, 2.24) is 9.03 Å². The van der Waals surface area contributed by atoms with Gasteiger partial charge in [0.25, 0.3) is 16.1 Å². The predicted octanol–water partition coefficient (Wildman–Crippen LogP) is -0.212. The number of halogens is 3. The van der Waals surface area contributed by atoms with Crippen molar-refractivity contribution >= 4 is 22.6 Å². The number of hydrogen-bond donors (Lipinski definition) is 2. The van der Waals surface area contributed by atoms with Gasteiger partial charge in [0.1, 0.15) is 0 Å². The summed E-state index contributed by atoms with van der Waals surface area (Å²) >= 11 is 0. The summed E-state index contributed by atoms with van der Waals surface area (Å²) in [6.07, 6.45) is 0. The molecule has 0 unspecified atom stereocenters. The van der Waals surface area contributed by atoms with Crippen molar-refractivity contribution in [3.63, 3.8) is 0 Å². The zero-order chi connectivity index (χ0) is 11.4. The van der Waals surface area contributed by atoms with Crippen LogP contribution in [0.25, 0.3) is 0 Å². The molecule has 94 valence electrons. The van der Waals surface area contributed by atoms with Crippen LogP contribution in [-0.2, 0) is 10.2 Å². The molecule has 3 N–H and O–H groups in total. The number of nitrogens with one attached hydrogen (secondary N) is 1. The van der Waals surface area contributed by atoms with Crippen molar-refractivity contribution in [2.75, 3.05) is 26.7 Å². The molecular weight excluding hydrogens is 252 g/mol. The Labute approximate surface area is 94.6 Å². The van der Waals surface area contributed by atoms with Gasteiger partial charge >= 0.3 is 0 Å². The van der Waals surface area contributed by atoms with E-state index in [2.05, 4.69) is 0 Å². The fraction of sp³-hybridized carbons (Fsp3) is 1.00. The normalized spacial score (nSPS) is 12.7. The topological polar surface area (TPSA) is 75.4 Å². The maximum Gasteiger partial charge on any atom is 0.279 e. The van der Waals surface area contributed by atoms with Crippen molar-refractivity contribution in [2.24, 2.45) is 5.73 Å². The summed E-state index contributed by atoms with van der Waals surface area (Å²) in [5.41, 5.74) is 4.75. The maximum absolute atomic E-state index is 12.6. The van der Waals surface area contributed by atoms with Gasteiger partial charge < -0.3 is 5.73 Å². The van der Waals surface area contributed by atoms with E-state index in [1.165, 1.54) is 7.05 Å². The quantitative estimate of drug-likeness (QED) is 0.699. The molecule has 0 fully saturated rings. The molecule has 0 aliphatic rings. The molecule has 0 amide bonds. The van der Waals surface area contributed by atoms with Crippen LogP contribution in [0.1, 0.15) is 6.92 Å². The van der Waals surface area contributed by atoms with Crippen LogP contribution in [0.15, 0.2) is 0 Å². The molecule has 0 aromatic carbocycles. The van der Waals surface area contributed by atoms with E-state index in [-0.39, 0.29) is 19.0 Å². The summed E-state index contributed by atoms with van der Waals surface area (Å²) in [4.78, 5) is 0. The Hall–Kier alpha value is -0.0200. The zero-order valence-electron chi connectivity index (χ0n) is 8.53. The maximum atomic E-state index is 12.6. The van der Waals surface area contributed by atoms with E-state index in [0.717, 1.165) is 4.31 Å². The van der Waals surface area contributed by atoms with Crippen LogP contribution in [0.3, 0.4) is 0 Å². The molecule has 0 atom stereocenters. The molecule has 0 saturated heterocycles. The van der Waals surface area contributed by atoms with E-state index in [4.69, 9.17) is 5.73 Å². The van der Waals surface area contributed by atoms with E-state index in [0.29, 0.717) is 0 Å². The van der Waals surface area contributed by atoms with Crippen molar-refractivity contribution in [3.8, 4) is 0 Å². The standard InChI is InChI=1S/C6H15F2N3O2S.ClH/c1-3-11(2)14(12,13)10-5-6(7,8)4-9;/h10H,3-5,9H2,1-2H3;1H. The Morgan fingerprint density at radius 3 is 2.27 bits per heavy atom. The lowest BCUT2D eigenvalue weighted by Gasteiger charge is -2.19. The molecule has 0 aliphatic heterocycles. The molecule has 0 radical (unpaired) electrons. The van der Waals surface area contributed by atoms with E-state index in [1.807, 2.05) is 0 Å². The van der Waals surface area contributed by atoms with Gasteiger partial charge in [-0.15, -0.1) is 12.4 Å². The average molecular weight is 268 g/mol. The monoisotopic (exact) mass is 267 g/mol. The van der Waals surface area contributed by atoms with Gasteiger partial charge in [-0.05, 0) is 0 Å². The first-order chi connectivity index (χ1) is 6.25. The summed E-state index contributed by atoms with van der Waals surface area (Å²) in [7, 11) is -2.51. The average Bonchev–Trinajstić information content (AvgIpc) is 2.14. The van der Waals surface area contributed by atoms with Crippen LogP contribution in [0.4, 0.5) is 8.78 Å². The van der Waals surface area contributed by atoms with E-state index in [1.54, 1.807) is 11.6 Å². The minimum absolute atomic E-state index is 0. The van der Waals surface area contributed by atoms with Gasteiger partial charge in [-0.1, -0.05) is 6.92 Å². The number of hydrogen-bond acceptors (Lipinski definition) is 3. The molecule has 9 heteroatoms. The highest BCUT2D eigenvalue weighted by atomic mass is 35.5. The van der Waals surface area contributed by atoms with Crippen LogP contribution in [0.5, 0.6) is 0 Å². The van der Waals surface area contributed by atoms with Crippen LogP contribution in [0, 0.1) is 0 Å². The number of nitrogens with two attached hydrogens (primary N) is 1. The van der Waals surface area contributed by atoms with Gasteiger partial charge in [-0.25, -0.2) is 8.78 Å². The highest BCUT2D eigenvalue weighted by Gasteiger charge is 2.29. The Morgan fingerprint density at radius 2 is 1.93 bits per heavy atom. The molecule has 15 heavy (non-hydrogen) atoms. The minimum atomic E-state index is -3.81. The summed E-state index contributed by atoms with van der Waals surface area (Å²) in [6.45, 7) is -0.0502.